The molecule has 1 saturated heterocycles. The van der Waals surface area contributed by atoms with E-state index in [1.165, 1.54) is 37.7 Å². The maximum absolute atomic E-state index is 12.3. The summed E-state index contributed by atoms with van der Waals surface area (Å²) in [6.07, 6.45) is 3.75. The number of carbonyl (C=O) groups is 1. The predicted molar refractivity (Wildman–Crippen MR) is 99.2 cm³/mol. The van der Waals surface area contributed by atoms with Gasteiger partial charge in [0.2, 0.25) is 0 Å². The Bertz CT molecular complexity index is 712. The van der Waals surface area contributed by atoms with Crippen LogP contribution in [0.25, 0.3) is 11.1 Å². The number of nitrogens with two attached hydrogens (primary N) is 1. The summed E-state index contributed by atoms with van der Waals surface area (Å²) in [5.74, 6) is -0.361. The first-order valence-electron chi connectivity index (χ1n) is 8.40. The number of rotatable bonds is 4. The molecule has 0 radical (unpaired) electrons. The van der Waals surface area contributed by atoms with Crippen molar-refractivity contribution in [3.05, 3.63) is 40.8 Å². The molecule has 1 aromatic heterocycles. The Balaban J connectivity index is 2.04. The highest BCUT2D eigenvalue weighted by molar-refractivity contribution is 7.17. The minimum Gasteiger partial charge on any atom is -0.465 e. The van der Waals surface area contributed by atoms with Crippen LogP contribution in [0.3, 0.4) is 0 Å². The molecule has 0 saturated carbocycles. The number of carbonyl (C=O) groups excluding carboxylic acids is 1. The Labute approximate surface area is 147 Å². The summed E-state index contributed by atoms with van der Waals surface area (Å²) in [5.41, 5.74) is 8.65. The van der Waals surface area contributed by atoms with Gasteiger partial charge in [0.25, 0.3) is 0 Å². The molecule has 2 heterocycles. The number of thiophene rings is 1. The number of esters is 1. The van der Waals surface area contributed by atoms with Gasteiger partial charge < -0.3 is 10.5 Å². The van der Waals surface area contributed by atoms with Crippen LogP contribution in [0.4, 0.5) is 5.00 Å². The van der Waals surface area contributed by atoms with Gasteiger partial charge in [-0.15, -0.1) is 11.3 Å². The van der Waals surface area contributed by atoms with Gasteiger partial charge >= 0.3 is 5.97 Å². The van der Waals surface area contributed by atoms with E-state index < -0.39 is 0 Å². The predicted octanol–water partition coefficient (Wildman–Crippen LogP) is 4.16. The van der Waals surface area contributed by atoms with E-state index in [4.69, 9.17) is 10.5 Å². The van der Waals surface area contributed by atoms with E-state index in [0.717, 1.165) is 29.1 Å². The van der Waals surface area contributed by atoms with Crippen molar-refractivity contribution in [2.75, 3.05) is 19.4 Å². The van der Waals surface area contributed by atoms with E-state index >= 15 is 0 Å². The lowest BCUT2D eigenvalue weighted by atomic mass is 9.99. The Hall–Kier alpha value is -1.85. The van der Waals surface area contributed by atoms with Crippen molar-refractivity contribution in [2.45, 2.75) is 38.8 Å². The second kappa shape index (κ2) is 7.36. The average Bonchev–Trinajstić information content (AvgIpc) is 2.93. The number of hydrogen-bond acceptors (Lipinski definition) is 5. The van der Waals surface area contributed by atoms with Crippen LogP contribution in [-0.4, -0.2) is 30.6 Å². The molecule has 24 heavy (non-hydrogen) atoms. The van der Waals surface area contributed by atoms with Crippen molar-refractivity contribution in [2.24, 2.45) is 0 Å². The summed E-state index contributed by atoms with van der Waals surface area (Å²) in [7, 11) is 1.40. The zero-order chi connectivity index (χ0) is 17.1. The van der Waals surface area contributed by atoms with Gasteiger partial charge in [0.1, 0.15) is 10.6 Å². The molecule has 1 aliphatic heterocycles. The Morgan fingerprint density at radius 1 is 1.33 bits per heavy atom. The number of nitrogens with zero attached hydrogens (tertiary/aromatic N) is 1. The Kier molecular flexibility index (Phi) is 5.21. The molecular weight excluding hydrogens is 320 g/mol. The van der Waals surface area contributed by atoms with E-state index in [1.54, 1.807) is 0 Å². The largest absolute Gasteiger partial charge is 0.465 e. The lowest BCUT2D eigenvalue weighted by Crippen LogP contribution is -2.36. The maximum Gasteiger partial charge on any atom is 0.341 e. The second-order valence-electron chi connectivity index (χ2n) is 6.31. The Morgan fingerprint density at radius 3 is 2.75 bits per heavy atom. The van der Waals surface area contributed by atoms with Gasteiger partial charge in [-0.2, -0.15) is 0 Å². The molecule has 2 aromatic rings. The minimum absolute atomic E-state index is 0.361. The fraction of sp³-hybridized carbons (Fsp3) is 0.421. The summed E-state index contributed by atoms with van der Waals surface area (Å²) in [6, 6.07) is 10.6. The van der Waals surface area contributed by atoms with Gasteiger partial charge in [0, 0.05) is 23.0 Å². The molecule has 1 aliphatic rings. The van der Waals surface area contributed by atoms with E-state index in [0.29, 0.717) is 16.6 Å². The molecule has 1 unspecified atom stereocenters. The second-order valence-corrected chi connectivity index (χ2v) is 7.45. The van der Waals surface area contributed by atoms with Crippen molar-refractivity contribution >= 4 is 22.3 Å². The average molecular weight is 344 g/mol. The fourth-order valence-corrected chi connectivity index (χ4v) is 4.51. The third kappa shape index (κ3) is 3.32. The standard InChI is InChI=1S/C19H24N2O2S/c1-13-8-6-7-11-21(13)12-15-16(14-9-4-3-5-10-14)17(18(20)24-15)19(22)23-2/h3-5,9-10,13H,6-8,11-12,20H2,1-2H3. The van der Waals surface area contributed by atoms with E-state index in [1.807, 2.05) is 30.3 Å². The highest BCUT2D eigenvalue weighted by atomic mass is 32.1. The van der Waals surface area contributed by atoms with Crippen LogP contribution in [-0.2, 0) is 11.3 Å². The molecule has 1 atom stereocenters. The molecule has 128 valence electrons. The van der Waals surface area contributed by atoms with Gasteiger partial charge in [-0.25, -0.2) is 4.79 Å². The molecule has 0 spiro atoms. The zero-order valence-electron chi connectivity index (χ0n) is 14.2. The third-order valence-electron chi connectivity index (χ3n) is 4.75. The number of methoxy groups -OCH3 is 1. The van der Waals surface area contributed by atoms with Crippen LogP contribution in [0.5, 0.6) is 0 Å². The molecule has 0 aliphatic carbocycles. The fourth-order valence-electron chi connectivity index (χ4n) is 3.40. The smallest absolute Gasteiger partial charge is 0.341 e. The van der Waals surface area contributed by atoms with E-state index in [2.05, 4.69) is 11.8 Å². The van der Waals surface area contributed by atoms with Gasteiger partial charge in [-0.05, 0) is 31.9 Å². The van der Waals surface area contributed by atoms with E-state index in [9.17, 15) is 4.79 Å². The van der Waals surface area contributed by atoms with Crippen LogP contribution >= 0.6 is 11.3 Å². The molecule has 1 fully saturated rings. The minimum atomic E-state index is -0.361. The summed E-state index contributed by atoms with van der Waals surface area (Å²) in [5, 5.41) is 0.542. The monoisotopic (exact) mass is 344 g/mol. The van der Waals surface area contributed by atoms with E-state index in [-0.39, 0.29) is 5.97 Å². The summed E-state index contributed by atoms with van der Waals surface area (Å²) < 4.78 is 4.98. The zero-order valence-corrected chi connectivity index (χ0v) is 15.1. The van der Waals surface area contributed by atoms with Crippen molar-refractivity contribution in [3.8, 4) is 11.1 Å². The van der Waals surface area contributed by atoms with Crippen LogP contribution < -0.4 is 5.73 Å². The number of anilines is 1. The number of ether oxygens (including phenoxy) is 1. The topological polar surface area (TPSA) is 55.6 Å². The van der Waals surface area contributed by atoms with Crippen molar-refractivity contribution in [1.82, 2.24) is 4.90 Å². The summed E-state index contributed by atoms with van der Waals surface area (Å²) in [6.45, 7) is 4.21. The number of benzene rings is 1. The van der Waals surface area contributed by atoms with Gasteiger partial charge in [0.05, 0.1) is 7.11 Å². The van der Waals surface area contributed by atoms with Gasteiger partial charge in [-0.3, -0.25) is 4.90 Å². The molecule has 0 bridgehead atoms. The van der Waals surface area contributed by atoms with Crippen LogP contribution in [0.1, 0.15) is 41.4 Å². The van der Waals surface area contributed by atoms with Crippen LogP contribution in [0.15, 0.2) is 30.3 Å². The quantitative estimate of drug-likeness (QED) is 0.846. The van der Waals surface area contributed by atoms with Gasteiger partial charge in [0.15, 0.2) is 0 Å². The highest BCUT2D eigenvalue weighted by Crippen LogP contribution is 2.40. The molecule has 1 aromatic carbocycles. The Morgan fingerprint density at radius 2 is 2.08 bits per heavy atom. The first-order chi connectivity index (χ1) is 11.6. The summed E-state index contributed by atoms with van der Waals surface area (Å²) in [4.78, 5) is 15.9. The van der Waals surface area contributed by atoms with Gasteiger partial charge in [-0.1, -0.05) is 36.8 Å². The lowest BCUT2D eigenvalue weighted by molar-refractivity contribution is 0.0603. The molecule has 4 nitrogen and oxygen atoms in total. The van der Waals surface area contributed by atoms with Crippen LogP contribution in [0, 0.1) is 0 Å². The number of likely N-dealkylation sites (tertiary alicyclic amines) is 1. The number of hydrogen-bond donors (Lipinski definition) is 1. The number of nitrogen functional groups attached to an aromatic ring is 1. The normalized spacial score (nSPS) is 18.5. The summed E-state index contributed by atoms with van der Waals surface area (Å²) >= 11 is 1.51. The van der Waals surface area contributed by atoms with Crippen molar-refractivity contribution in [1.29, 1.82) is 0 Å². The number of piperidine rings is 1. The highest BCUT2D eigenvalue weighted by Gasteiger charge is 2.27. The molecule has 5 heteroatoms. The molecule has 0 amide bonds. The first-order valence-corrected chi connectivity index (χ1v) is 9.22. The van der Waals surface area contributed by atoms with Crippen LogP contribution in [0.2, 0.25) is 0 Å². The molecule has 2 N–H and O–H groups in total. The maximum atomic E-state index is 12.3. The molecule has 3 rings (SSSR count). The SMILES string of the molecule is COC(=O)c1c(N)sc(CN2CCCCC2C)c1-c1ccccc1. The first kappa shape index (κ1) is 17.0. The third-order valence-corrected chi connectivity index (χ3v) is 5.75. The van der Waals surface area contributed by atoms with Crippen molar-refractivity contribution in [3.63, 3.8) is 0 Å². The van der Waals surface area contributed by atoms with Crippen molar-refractivity contribution < 1.29 is 9.53 Å². The lowest BCUT2D eigenvalue weighted by Gasteiger charge is -2.33. The molecular formula is C19H24N2O2S.